The van der Waals surface area contributed by atoms with Crippen LogP contribution in [-0.2, 0) is 53.1 Å². The zero-order valence-electron chi connectivity index (χ0n) is 43.2. The number of hydrogen-bond donors (Lipinski definition) is 11. The fourth-order valence-corrected chi connectivity index (χ4v) is 8.76. The number of anilines is 1. The van der Waals surface area contributed by atoms with Crippen molar-refractivity contribution in [3.63, 3.8) is 0 Å². The van der Waals surface area contributed by atoms with Gasteiger partial charge in [-0.05, 0) is 90.9 Å². The predicted octanol–water partition coefficient (Wildman–Crippen LogP) is -2.68. The van der Waals surface area contributed by atoms with Crippen LogP contribution in [0.3, 0.4) is 0 Å². The maximum atomic E-state index is 14.0. The molecule has 15 N–H and O–H groups in total. The third kappa shape index (κ3) is 23.6. The summed E-state index contributed by atoms with van der Waals surface area (Å²) in [6.07, 6.45) is 1.53. The smallest absolute Gasteiger partial charge is 0.326 e. The number of carboxylic acid groups (broad SMARTS) is 3. The van der Waals surface area contributed by atoms with Crippen LogP contribution in [0.15, 0.2) is 66.9 Å². The molecule has 1 aromatic heterocycles. The number of unbranched alkanes of at least 4 members (excludes halogenated alkanes) is 1. The first-order valence-corrected chi connectivity index (χ1v) is 25.5. The normalized spacial score (nSPS) is 15.7. The van der Waals surface area contributed by atoms with Gasteiger partial charge in [-0.15, -0.1) is 0 Å². The standard InChI is InChI=1S/C50H69BN14O12S/c51-40-14-8-34(25-56-40)26-65(16-2-1-3-38(47(73)74)59-49(77)60-39(48(75)76)13-15-45(70)71)46(72)35-9-4-33(5-10-35)24-57-50(78)58-36-11-6-32(7-12-36)23-37-27-63(30-43(54)68)20-19-61(28-41(52)66)17-18-62(29-42(53)67)21-22-64(37)31-44(55)69/h4-12,14,25,37-39H,1-3,13,15-24,26-31H2,(H2,52,66)(H2,53,67)(H2,54,68)(H2,55,69)(H,70,71)(H,73,74)(H,75,76)(H2,57,58,78)(H2,59,60,77)/t37?,38-,39-/m0/s1. The van der Waals surface area contributed by atoms with Gasteiger partial charge in [0, 0.05) is 95.4 Å². The summed E-state index contributed by atoms with van der Waals surface area (Å²) >= 11 is 5.61. The Balaban J connectivity index is 1.38. The third-order valence-electron chi connectivity index (χ3n) is 12.5. The number of carbonyl (C=O) groups excluding carboxylic acids is 6. The lowest BCUT2D eigenvalue weighted by Crippen LogP contribution is -2.54. The lowest BCUT2D eigenvalue weighted by molar-refractivity contribution is -0.141. The molecule has 1 saturated heterocycles. The van der Waals surface area contributed by atoms with Crippen molar-refractivity contribution in [3.05, 3.63) is 89.1 Å². The Morgan fingerprint density at radius 2 is 1.19 bits per heavy atom. The van der Waals surface area contributed by atoms with Crippen LogP contribution in [0.25, 0.3) is 0 Å². The fourth-order valence-electron chi connectivity index (χ4n) is 8.57. The van der Waals surface area contributed by atoms with Gasteiger partial charge < -0.3 is 64.4 Å². The van der Waals surface area contributed by atoms with Gasteiger partial charge in [-0.1, -0.05) is 36.4 Å². The number of benzene rings is 2. The Hall–Kier alpha value is -7.79. The Kier molecular flexibility index (Phi) is 25.8. The van der Waals surface area contributed by atoms with Gasteiger partial charge in [-0.2, -0.15) is 0 Å². The van der Waals surface area contributed by atoms with E-state index in [1.165, 1.54) is 0 Å². The Labute approximate surface area is 458 Å². The average Bonchev–Trinajstić information content (AvgIpc) is 3.37. The molecular formula is C50H69BN14O12S. The second kappa shape index (κ2) is 32.1. The molecule has 0 saturated carbocycles. The molecule has 0 spiro atoms. The third-order valence-corrected chi connectivity index (χ3v) is 12.8. The second-order valence-corrected chi connectivity index (χ2v) is 19.2. The summed E-state index contributed by atoms with van der Waals surface area (Å²) in [7, 11) is 5.78. The highest BCUT2D eigenvalue weighted by Gasteiger charge is 2.28. The first kappa shape index (κ1) is 62.8. The number of thiocarbonyl (C=S) groups is 1. The summed E-state index contributed by atoms with van der Waals surface area (Å²) in [4.78, 5) is 123. The van der Waals surface area contributed by atoms with Gasteiger partial charge in [0.25, 0.3) is 5.91 Å². The molecule has 1 aliphatic heterocycles. The van der Waals surface area contributed by atoms with Crippen LogP contribution in [0.5, 0.6) is 0 Å². The number of carboxylic acids is 3. The van der Waals surface area contributed by atoms with Crippen molar-refractivity contribution in [1.29, 1.82) is 0 Å². The molecule has 7 amide bonds. The minimum absolute atomic E-state index is 0.0328. The quantitative estimate of drug-likeness (QED) is 0.0200. The number of amides is 7. The van der Waals surface area contributed by atoms with E-state index in [1.54, 1.807) is 47.5 Å². The molecule has 2 aromatic carbocycles. The van der Waals surface area contributed by atoms with Crippen LogP contribution in [0.1, 0.15) is 59.2 Å². The van der Waals surface area contributed by atoms with E-state index in [4.69, 9.17) is 48.1 Å². The van der Waals surface area contributed by atoms with E-state index in [9.17, 15) is 53.4 Å². The van der Waals surface area contributed by atoms with Crippen LogP contribution in [0.4, 0.5) is 10.5 Å². The first-order chi connectivity index (χ1) is 37.0. The Bertz CT molecular complexity index is 2550. The van der Waals surface area contributed by atoms with Crippen molar-refractivity contribution in [2.75, 3.05) is 83.9 Å². The number of hydrogen-bond acceptors (Lipinski definition) is 15. The van der Waals surface area contributed by atoms with Crippen molar-refractivity contribution in [3.8, 4) is 0 Å². The number of aromatic nitrogens is 1. The van der Waals surface area contributed by atoms with Gasteiger partial charge in [-0.25, -0.2) is 14.4 Å². The molecular weight excluding hydrogens is 1030 g/mol. The molecule has 0 bridgehead atoms. The second-order valence-electron chi connectivity index (χ2n) is 18.8. The monoisotopic (exact) mass is 1100 g/mol. The number of primary amides is 4. The molecule has 3 atom stereocenters. The molecule has 0 aliphatic carbocycles. The number of urea groups is 1. The molecule has 78 heavy (non-hydrogen) atoms. The highest BCUT2D eigenvalue weighted by Crippen LogP contribution is 2.18. The first-order valence-electron chi connectivity index (χ1n) is 25.0. The molecule has 2 heterocycles. The number of pyridine rings is 1. The van der Waals surface area contributed by atoms with Crippen molar-refractivity contribution >= 4 is 89.9 Å². The molecule has 1 unspecified atom stereocenters. The van der Waals surface area contributed by atoms with Crippen LogP contribution in [-0.4, -0.2) is 208 Å². The molecule has 26 nitrogen and oxygen atoms in total. The molecule has 2 radical (unpaired) electrons. The average molecular weight is 1100 g/mol. The van der Waals surface area contributed by atoms with E-state index in [2.05, 4.69) is 26.3 Å². The lowest BCUT2D eigenvalue weighted by atomic mass is 10.0. The maximum absolute atomic E-state index is 14.0. The van der Waals surface area contributed by atoms with Gasteiger partial charge in [0.1, 0.15) is 19.9 Å². The number of carbonyl (C=O) groups is 9. The molecule has 3 aromatic rings. The van der Waals surface area contributed by atoms with Crippen molar-refractivity contribution in [1.82, 2.24) is 45.4 Å². The van der Waals surface area contributed by atoms with E-state index in [0.717, 1.165) is 11.1 Å². The van der Waals surface area contributed by atoms with Gasteiger partial charge in [-0.3, -0.25) is 53.4 Å². The van der Waals surface area contributed by atoms with Crippen LogP contribution < -0.4 is 49.8 Å². The van der Waals surface area contributed by atoms with Crippen LogP contribution in [0, 0.1) is 0 Å². The zero-order chi connectivity index (χ0) is 57.3. The summed E-state index contributed by atoms with van der Waals surface area (Å²) in [5.74, 6) is -6.61. The van der Waals surface area contributed by atoms with E-state index < -0.39 is 72.5 Å². The minimum Gasteiger partial charge on any atom is -0.481 e. The predicted molar refractivity (Wildman–Crippen MR) is 291 cm³/mol. The Morgan fingerprint density at radius 3 is 1.73 bits per heavy atom. The van der Waals surface area contributed by atoms with E-state index in [-0.39, 0.29) is 64.1 Å². The topological polar surface area (TPSA) is 396 Å². The number of nitrogens with zero attached hydrogens (tertiary/aromatic N) is 6. The van der Waals surface area contributed by atoms with Gasteiger partial charge in [0.2, 0.25) is 23.6 Å². The van der Waals surface area contributed by atoms with E-state index >= 15 is 0 Å². The summed E-state index contributed by atoms with van der Waals surface area (Å²) in [5.41, 5.74) is 26.2. The minimum atomic E-state index is -1.55. The van der Waals surface area contributed by atoms with E-state index in [1.807, 2.05) is 43.9 Å². The van der Waals surface area contributed by atoms with Gasteiger partial charge in [0.05, 0.1) is 26.2 Å². The van der Waals surface area contributed by atoms with Gasteiger partial charge >= 0.3 is 23.9 Å². The Morgan fingerprint density at radius 1 is 0.667 bits per heavy atom. The summed E-state index contributed by atoms with van der Waals surface area (Å²) in [6, 6.07) is 13.3. The van der Waals surface area contributed by atoms with Crippen LogP contribution >= 0.6 is 12.2 Å². The SMILES string of the molecule is [B]c1ccc(CN(CCCC[C@H](NC(=O)N[C@@H](CCC(=O)O)C(=O)O)C(=O)O)C(=O)c2ccc(CNC(=S)Nc3ccc(CC4CN(CC(N)=O)CCN(CC(N)=O)CCN(CC(N)=O)CCN4CC(N)=O)cc3)cc2)cn1. The summed E-state index contributed by atoms with van der Waals surface area (Å²) < 4.78 is 0. The summed E-state index contributed by atoms with van der Waals surface area (Å²) in [6.45, 7) is 2.84. The van der Waals surface area contributed by atoms with Crippen LogP contribution in [0.2, 0.25) is 0 Å². The largest absolute Gasteiger partial charge is 0.481 e. The number of rotatable bonds is 28. The molecule has 28 heteroatoms. The maximum Gasteiger partial charge on any atom is 0.326 e. The fraction of sp³-hybridized carbons (Fsp3) is 0.460. The number of nitrogens with one attached hydrogen (secondary N) is 4. The summed E-state index contributed by atoms with van der Waals surface area (Å²) in [5, 5.41) is 39.0. The van der Waals surface area contributed by atoms with E-state index in [0.29, 0.717) is 92.7 Å². The van der Waals surface area contributed by atoms with Gasteiger partial charge in [0.15, 0.2) is 5.11 Å². The van der Waals surface area contributed by atoms with Crippen molar-refractivity contribution < 1.29 is 58.5 Å². The molecule has 1 fully saturated rings. The highest BCUT2D eigenvalue weighted by atomic mass is 32.1. The molecule has 1 aliphatic rings. The number of nitrogens with two attached hydrogens (primary N) is 4. The van der Waals surface area contributed by atoms with Crippen molar-refractivity contribution in [2.24, 2.45) is 22.9 Å². The molecule has 4 rings (SSSR count). The highest BCUT2D eigenvalue weighted by molar-refractivity contribution is 7.80. The molecule has 420 valence electrons. The number of aliphatic carboxylic acids is 3. The lowest BCUT2D eigenvalue weighted by Gasteiger charge is -2.38. The zero-order valence-corrected chi connectivity index (χ0v) is 44.0. The van der Waals surface area contributed by atoms with Crippen molar-refractivity contribution in [2.45, 2.75) is 69.7 Å².